The zero-order valence-corrected chi connectivity index (χ0v) is 8.65. The number of pyridine rings is 1. The van der Waals surface area contributed by atoms with Crippen LogP contribution in [0.1, 0.15) is 0 Å². The molecule has 2 heterocycles. The molecule has 0 saturated heterocycles. The van der Waals surface area contributed by atoms with Crippen molar-refractivity contribution >= 4 is 33.5 Å². The Hall–Kier alpha value is -1.68. The highest BCUT2D eigenvalue weighted by molar-refractivity contribution is 6.30. The first-order valence-electron chi connectivity index (χ1n) is 4.58. The molecule has 3 aromatic rings. The van der Waals surface area contributed by atoms with E-state index in [0.29, 0.717) is 16.6 Å². The minimum Gasteiger partial charge on any atom is -0.353 e. The lowest BCUT2D eigenvalue weighted by atomic mass is 10.2. The fourth-order valence-electron chi connectivity index (χ4n) is 1.78. The van der Waals surface area contributed by atoms with E-state index in [-0.39, 0.29) is 10.5 Å². The molecule has 0 spiro atoms. The van der Waals surface area contributed by atoms with Gasteiger partial charge < -0.3 is 4.98 Å². The molecule has 0 radical (unpaired) electrons. The number of aromatic nitrogens is 2. The second-order valence-corrected chi connectivity index (χ2v) is 3.85. The molecular weight excluding hydrogens is 234 g/mol. The molecule has 0 unspecified atom stereocenters. The highest BCUT2D eigenvalue weighted by atomic mass is 35.5. The highest BCUT2D eigenvalue weighted by Crippen LogP contribution is 2.28. The van der Waals surface area contributed by atoms with Gasteiger partial charge >= 0.3 is 0 Å². The Kier molecular flexibility index (Phi) is 1.88. The van der Waals surface area contributed by atoms with Crippen LogP contribution in [0.2, 0.25) is 5.15 Å². The fourth-order valence-corrected chi connectivity index (χ4v) is 1.93. The van der Waals surface area contributed by atoms with Crippen molar-refractivity contribution in [1.82, 2.24) is 9.97 Å². The first-order valence-corrected chi connectivity index (χ1v) is 4.96. The zero-order chi connectivity index (χ0) is 11.3. The molecular formula is C11H5ClF2N2. The lowest BCUT2D eigenvalue weighted by Gasteiger charge is -1.94. The topological polar surface area (TPSA) is 28.7 Å². The molecule has 1 N–H and O–H groups in total. The van der Waals surface area contributed by atoms with Gasteiger partial charge in [-0.25, -0.2) is 13.8 Å². The number of rotatable bonds is 0. The van der Waals surface area contributed by atoms with E-state index >= 15 is 0 Å². The van der Waals surface area contributed by atoms with Crippen molar-refractivity contribution in [3.05, 3.63) is 41.1 Å². The number of nitrogens with one attached hydrogen (secondary N) is 1. The Morgan fingerprint density at radius 2 is 1.94 bits per heavy atom. The standard InChI is InChI=1S/C11H5ClF2N2/c12-9-2-1-7-11(16-9)10-6(14)3-5(13)4-8(10)15-7/h1-4,15H. The SMILES string of the molecule is Fc1cc(F)c2c(c1)[nH]c1ccc(Cl)nc12. The monoisotopic (exact) mass is 238 g/mol. The van der Waals surface area contributed by atoms with Gasteiger partial charge in [0, 0.05) is 6.07 Å². The zero-order valence-electron chi connectivity index (χ0n) is 7.89. The van der Waals surface area contributed by atoms with Crippen LogP contribution in [0.3, 0.4) is 0 Å². The second-order valence-electron chi connectivity index (χ2n) is 3.47. The number of hydrogen-bond acceptors (Lipinski definition) is 1. The van der Waals surface area contributed by atoms with E-state index in [9.17, 15) is 8.78 Å². The van der Waals surface area contributed by atoms with Crippen molar-refractivity contribution < 1.29 is 8.78 Å². The van der Waals surface area contributed by atoms with Crippen molar-refractivity contribution in [2.75, 3.05) is 0 Å². The molecule has 2 nitrogen and oxygen atoms in total. The Bertz CT molecular complexity index is 706. The Labute approximate surface area is 93.9 Å². The van der Waals surface area contributed by atoms with Crippen LogP contribution in [-0.4, -0.2) is 9.97 Å². The normalized spacial score (nSPS) is 11.4. The maximum atomic E-state index is 13.6. The van der Waals surface area contributed by atoms with Gasteiger partial charge in [0.05, 0.1) is 16.4 Å². The number of fused-ring (bicyclic) bond motifs is 3. The van der Waals surface area contributed by atoms with Crippen LogP contribution >= 0.6 is 11.6 Å². The molecule has 0 fully saturated rings. The molecule has 1 aromatic carbocycles. The maximum absolute atomic E-state index is 13.6. The van der Waals surface area contributed by atoms with Gasteiger partial charge in [-0.1, -0.05) is 11.6 Å². The first kappa shape index (κ1) is 9.54. The minimum atomic E-state index is -0.643. The fraction of sp³-hybridized carbons (Fsp3) is 0. The molecule has 0 aliphatic carbocycles. The molecule has 2 aromatic heterocycles. The van der Waals surface area contributed by atoms with Crippen molar-refractivity contribution in [1.29, 1.82) is 0 Å². The summed E-state index contributed by atoms with van der Waals surface area (Å²) in [6.45, 7) is 0. The summed E-state index contributed by atoms with van der Waals surface area (Å²) in [7, 11) is 0. The van der Waals surface area contributed by atoms with Crippen LogP contribution in [0, 0.1) is 11.6 Å². The average molecular weight is 239 g/mol. The largest absolute Gasteiger partial charge is 0.353 e. The Morgan fingerprint density at radius 3 is 2.75 bits per heavy atom. The van der Waals surface area contributed by atoms with Crippen LogP contribution in [0.25, 0.3) is 21.9 Å². The molecule has 16 heavy (non-hydrogen) atoms. The summed E-state index contributed by atoms with van der Waals surface area (Å²) in [5, 5.41) is 0.538. The molecule has 0 aliphatic heterocycles. The van der Waals surface area contributed by atoms with Crippen LogP contribution in [0.5, 0.6) is 0 Å². The summed E-state index contributed by atoms with van der Waals surface area (Å²) in [5.41, 5.74) is 1.42. The van der Waals surface area contributed by atoms with E-state index < -0.39 is 11.6 Å². The molecule has 0 bridgehead atoms. The van der Waals surface area contributed by atoms with Gasteiger partial charge in [-0.15, -0.1) is 0 Å². The third-order valence-corrected chi connectivity index (χ3v) is 2.63. The Balaban J connectivity index is 2.57. The summed E-state index contributed by atoms with van der Waals surface area (Å²) < 4.78 is 26.6. The number of hydrogen-bond donors (Lipinski definition) is 1. The van der Waals surface area contributed by atoms with Gasteiger partial charge in [0.15, 0.2) is 0 Å². The van der Waals surface area contributed by atoms with Gasteiger partial charge in [0.1, 0.15) is 22.3 Å². The van der Waals surface area contributed by atoms with Crippen molar-refractivity contribution in [2.24, 2.45) is 0 Å². The lowest BCUT2D eigenvalue weighted by molar-refractivity contribution is 0.592. The van der Waals surface area contributed by atoms with Gasteiger partial charge in [0.25, 0.3) is 0 Å². The van der Waals surface area contributed by atoms with Crippen molar-refractivity contribution in [3.8, 4) is 0 Å². The number of nitrogens with zero attached hydrogens (tertiary/aromatic N) is 1. The average Bonchev–Trinajstić information content (AvgIpc) is 2.54. The summed E-state index contributed by atoms with van der Waals surface area (Å²) in [6, 6.07) is 5.34. The van der Waals surface area contributed by atoms with E-state index in [0.717, 1.165) is 6.07 Å². The molecule has 80 valence electrons. The molecule has 0 aliphatic rings. The summed E-state index contributed by atoms with van der Waals surface area (Å²) in [5.74, 6) is -1.27. The van der Waals surface area contributed by atoms with Crippen LogP contribution in [-0.2, 0) is 0 Å². The quantitative estimate of drug-likeness (QED) is 0.595. The second kappa shape index (κ2) is 3.15. The van der Waals surface area contributed by atoms with Gasteiger partial charge in [-0.05, 0) is 18.2 Å². The number of benzene rings is 1. The molecule has 0 atom stereocenters. The summed E-state index contributed by atoms with van der Waals surface area (Å²) in [4.78, 5) is 6.91. The van der Waals surface area contributed by atoms with Gasteiger partial charge in [-0.2, -0.15) is 0 Å². The van der Waals surface area contributed by atoms with Crippen LogP contribution in [0.15, 0.2) is 24.3 Å². The van der Waals surface area contributed by atoms with E-state index in [1.54, 1.807) is 12.1 Å². The molecule has 0 amide bonds. The van der Waals surface area contributed by atoms with E-state index in [2.05, 4.69) is 9.97 Å². The predicted molar refractivity (Wildman–Crippen MR) is 58.5 cm³/mol. The van der Waals surface area contributed by atoms with E-state index in [1.165, 1.54) is 6.07 Å². The van der Waals surface area contributed by atoms with Crippen molar-refractivity contribution in [3.63, 3.8) is 0 Å². The van der Waals surface area contributed by atoms with E-state index in [1.807, 2.05) is 0 Å². The van der Waals surface area contributed by atoms with Gasteiger partial charge in [0.2, 0.25) is 0 Å². The van der Waals surface area contributed by atoms with Crippen LogP contribution in [0.4, 0.5) is 8.78 Å². The first-order chi connectivity index (χ1) is 7.65. The lowest BCUT2D eigenvalue weighted by Crippen LogP contribution is -1.82. The third kappa shape index (κ3) is 1.27. The smallest absolute Gasteiger partial charge is 0.137 e. The number of H-pyrrole nitrogens is 1. The molecule has 3 rings (SSSR count). The number of halogens is 3. The maximum Gasteiger partial charge on any atom is 0.137 e. The highest BCUT2D eigenvalue weighted by Gasteiger charge is 2.12. The third-order valence-electron chi connectivity index (χ3n) is 2.42. The van der Waals surface area contributed by atoms with Gasteiger partial charge in [-0.3, -0.25) is 0 Å². The van der Waals surface area contributed by atoms with E-state index in [4.69, 9.17) is 11.6 Å². The molecule has 5 heteroatoms. The summed E-state index contributed by atoms with van der Waals surface area (Å²) in [6.07, 6.45) is 0. The minimum absolute atomic E-state index is 0.263. The molecule has 0 saturated carbocycles. The summed E-state index contributed by atoms with van der Waals surface area (Å²) >= 11 is 5.74. The van der Waals surface area contributed by atoms with Crippen LogP contribution < -0.4 is 0 Å². The predicted octanol–water partition coefficient (Wildman–Crippen LogP) is 3.65. The number of aromatic amines is 1. The Morgan fingerprint density at radius 1 is 1.12 bits per heavy atom. The van der Waals surface area contributed by atoms with Crippen molar-refractivity contribution in [2.45, 2.75) is 0 Å².